The van der Waals surface area contributed by atoms with Crippen molar-refractivity contribution in [2.45, 2.75) is 6.42 Å². The van der Waals surface area contributed by atoms with Crippen LogP contribution in [-0.4, -0.2) is 36.6 Å². The highest BCUT2D eigenvalue weighted by atomic mass is 16.2. The third-order valence-electron chi connectivity index (χ3n) is 1.65. The summed E-state index contributed by atoms with van der Waals surface area (Å²) in [5.74, 6) is 0. The van der Waals surface area contributed by atoms with Crippen LogP contribution >= 0.6 is 0 Å². The molecule has 0 radical (unpaired) electrons. The lowest BCUT2D eigenvalue weighted by atomic mass is 10.3. The minimum Gasteiger partial charge on any atom is -0.334 e. The first-order valence-electron chi connectivity index (χ1n) is 4.09. The Kier molecular flexibility index (Phi) is 3.73. The number of carbonyl (C=O) groups is 1. The predicted molar refractivity (Wildman–Crippen MR) is 46.9 cm³/mol. The molecule has 0 bridgehead atoms. The van der Waals surface area contributed by atoms with Gasteiger partial charge in [-0.15, -0.1) is 0 Å². The maximum absolute atomic E-state index is 11.1. The zero-order valence-electron chi connectivity index (χ0n) is 7.19. The van der Waals surface area contributed by atoms with E-state index in [1.807, 2.05) is 6.08 Å². The minimum atomic E-state index is -0.0995. The highest BCUT2D eigenvalue weighted by Gasteiger charge is 2.11. The molecular formula is C8H11N3O2. The molecule has 1 heterocycles. The fraction of sp³-hybridized carbons (Fsp3) is 0.500. The van der Waals surface area contributed by atoms with Crippen LogP contribution in [0.15, 0.2) is 17.3 Å². The van der Waals surface area contributed by atoms with Crippen molar-refractivity contribution in [1.29, 1.82) is 0 Å². The highest BCUT2D eigenvalue weighted by Crippen LogP contribution is 1.98. The fourth-order valence-corrected chi connectivity index (χ4v) is 1.04. The number of urea groups is 1. The molecule has 0 aliphatic carbocycles. The first-order chi connectivity index (χ1) is 6.34. The van der Waals surface area contributed by atoms with Crippen LogP contribution in [0.3, 0.4) is 0 Å². The Morgan fingerprint density at radius 2 is 2.54 bits per heavy atom. The Bertz CT molecular complexity index is 256. The van der Waals surface area contributed by atoms with Crippen LogP contribution in [-0.2, 0) is 4.79 Å². The van der Waals surface area contributed by atoms with Gasteiger partial charge in [-0.1, -0.05) is 0 Å². The van der Waals surface area contributed by atoms with Gasteiger partial charge < -0.3 is 10.2 Å². The van der Waals surface area contributed by atoms with Gasteiger partial charge in [0.25, 0.3) is 0 Å². The Balaban J connectivity index is 2.27. The number of isocyanates is 1. The first kappa shape index (κ1) is 9.48. The van der Waals surface area contributed by atoms with Crippen molar-refractivity contribution in [2.75, 3.05) is 19.6 Å². The molecule has 0 unspecified atom stereocenters. The highest BCUT2D eigenvalue weighted by molar-refractivity contribution is 5.76. The lowest BCUT2D eigenvalue weighted by Crippen LogP contribution is -2.40. The van der Waals surface area contributed by atoms with Crippen LogP contribution in [0.25, 0.3) is 0 Å². The van der Waals surface area contributed by atoms with Gasteiger partial charge in [-0.25, -0.2) is 14.6 Å². The molecular weight excluding hydrogens is 170 g/mol. The summed E-state index contributed by atoms with van der Waals surface area (Å²) in [5.41, 5.74) is 0. The number of rotatable bonds is 4. The summed E-state index contributed by atoms with van der Waals surface area (Å²) in [4.78, 5) is 25.8. The summed E-state index contributed by atoms with van der Waals surface area (Å²) in [5, 5.41) is 2.67. The van der Waals surface area contributed by atoms with E-state index in [9.17, 15) is 9.59 Å². The van der Waals surface area contributed by atoms with Gasteiger partial charge in [0.05, 0.1) is 6.54 Å². The Morgan fingerprint density at radius 1 is 1.69 bits per heavy atom. The van der Waals surface area contributed by atoms with E-state index in [2.05, 4.69) is 10.3 Å². The van der Waals surface area contributed by atoms with Crippen LogP contribution in [0, 0.1) is 0 Å². The topological polar surface area (TPSA) is 61.8 Å². The van der Waals surface area contributed by atoms with Crippen molar-refractivity contribution < 1.29 is 9.59 Å². The Morgan fingerprint density at radius 3 is 3.23 bits per heavy atom. The third kappa shape index (κ3) is 3.09. The van der Waals surface area contributed by atoms with Crippen LogP contribution in [0.4, 0.5) is 4.79 Å². The molecule has 70 valence electrons. The molecule has 0 fully saturated rings. The quantitative estimate of drug-likeness (QED) is 0.384. The summed E-state index contributed by atoms with van der Waals surface area (Å²) < 4.78 is 0. The lowest BCUT2D eigenvalue weighted by Gasteiger charge is -2.21. The van der Waals surface area contributed by atoms with Gasteiger partial charge in [-0.2, -0.15) is 0 Å². The largest absolute Gasteiger partial charge is 0.334 e. The third-order valence-corrected chi connectivity index (χ3v) is 1.65. The van der Waals surface area contributed by atoms with Crippen molar-refractivity contribution in [3.8, 4) is 0 Å². The molecule has 1 aliphatic heterocycles. The summed E-state index contributed by atoms with van der Waals surface area (Å²) in [6.07, 6.45) is 5.73. The van der Waals surface area contributed by atoms with Gasteiger partial charge in [0.2, 0.25) is 6.08 Å². The van der Waals surface area contributed by atoms with Crippen LogP contribution in [0.5, 0.6) is 0 Å². The maximum Gasteiger partial charge on any atom is 0.321 e. The van der Waals surface area contributed by atoms with E-state index >= 15 is 0 Å². The average Bonchev–Trinajstić information content (AvgIpc) is 2.15. The number of hydrogen-bond acceptors (Lipinski definition) is 3. The van der Waals surface area contributed by atoms with Crippen molar-refractivity contribution in [1.82, 2.24) is 10.2 Å². The molecule has 5 heteroatoms. The molecule has 13 heavy (non-hydrogen) atoms. The Labute approximate surface area is 76.1 Å². The molecule has 0 aromatic heterocycles. The average molecular weight is 181 g/mol. The number of amides is 2. The number of hydrogen-bond donors (Lipinski definition) is 1. The zero-order chi connectivity index (χ0) is 9.52. The molecule has 1 rings (SSSR count). The number of carbonyl (C=O) groups excluding carboxylic acids is 2. The fourth-order valence-electron chi connectivity index (χ4n) is 1.04. The van der Waals surface area contributed by atoms with E-state index < -0.39 is 0 Å². The van der Waals surface area contributed by atoms with Gasteiger partial charge in [0.1, 0.15) is 0 Å². The summed E-state index contributed by atoms with van der Waals surface area (Å²) >= 11 is 0. The maximum atomic E-state index is 11.1. The molecule has 0 aromatic carbocycles. The number of aliphatic imine (C=N–C) groups is 1. The molecule has 0 spiro atoms. The SMILES string of the molecule is O=C=NCCCN1C=CCNC1=O. The smallest absolute Gasteiger partial charge is 0.321 e. The van der Waals surface area contributed by atoms with Crippen molar-refractivity contribution in [3.05, 3.63) is 12.3 Å². The van der Waals surface area contributed by atoms with E-state index in [1.54, 1.807) is 11.1 Å². The summed E-state index contributed by atoms with van der Waals surface area (Å²) in [6.45, 7) is 1.58. The van der Waals surface area contributed by atoms with Gasteiger partial charge in [-0.3, -0.25) is 0 Å². The van der Waals surface area contributed by atoms with Crippen molar-refractivity contribution in [3.63, 3.8) is 0 Å². The summed E-state index contributed by atoms with van der Waals surface area (Å²) in [7, 11) is 0. The first-order valence-corrected chi connectivity index (χ1v) is 4.09. The second kappa shape index (κ2) is 5.11. The second-order valence-corrected chi connectivity index (χ2v) is 2.59. The lowest BCUT2D eigenvalue weighted by molar-refractivity contribution is 0.213. The minimum absolute atomic E-state index is 0.0995. The molecule has 5 nitrogen and oxygen atoms in total. The monoisotopic (exact) mass is 181 g/mol. The number of nitrogens with one attached hydrogen (secondary N) is 1. The second-order valence-electron chi connectivity index (χ2n) is 2.59. The van der Waals surface area contributed by atoms with Gasteiger partial charge in [0, 0.05) is 19.3 Å². The summed E-state index contributed by atoms with van der Waals surface area (Å²) in [6, 6.07) is -0.0995. The van der Waals surface area contributed by atoms with E-state index in [1.165, 1.54) is 6.08 Å². The molecule has 1 N–H and O–H groups in total. The van der Waals surface area contributed by atoms with E-state index in [-0.39, 0.29) is 6.03 Å². The van der Waals surface area contributed by atoms with Crippen molar-refractivity contribution in [2.24, 2.45) is 4.99 Å². The molecule has 0 aromatic rings. The molecule has 0 saturated carbocycles. The molecule has 2 amide bonds. The zero-order valence-corrected chi connectivity index (χ0v) is 7.19. The Hall–Kier alpha value is -1.61. The molecule has 1 aliphatic rings. The normalized spacial score (nSPS) is 15.1. The standard InChI is InChI=1S/C8H11N3O2/c12-7-9-3-1-5-11-6-2-4-10-8(11)13/h2,6H,1,3-5H2,(H,10,13). The van der Waals surface area contributed by atoms with E-state index in [0.29, 0.717) is 26.1 Å². The van der Waals surface area contributed by atoms with Crippen LogP contribution in [0.2, 0.25) is 0 Å². The van der Waals surface area contributed by atoms with E-state index in [4.69, 9.17) is 0 Å². The molecule has 0 saturated heterocycles. The van der Waals surface area contributed by atoms with Gasteiger partial charge in [0.15, 0.2) is 0 Å². The van der Waals surface area contributed by atoms with Gasteiger partial charge in [-0.05, 0) is 12.5 Å². The molecule has 0 atom stereocenters. The van der Waals surface area contributed by atoms with Crippen molar-refractivity contribution >= 4 is 12.1 Å². The van der Waals surface area contributed by atoms with Crippen LogP contribution < -0.4 is 5.32 Å². The number of nitrogens with zero attached hydrogens (tertiary/aromatic N) is 2. The predicted octanol–water partition coefficient (Wildman–Crippen LogP) is 0.251. The van der Waals surface area contributed by atoms with Gasteiger partial charge >= 0.3 is 6.03 Å². The van der Waals surface area contributed by atoms with E-state index in [0.717, 1.165) is 0 Å². The van der Waals surface area contributed by atoms with Crippen LogP contribution in [0.1, 0.15) is 6.42 Å².